The number of hydrogen-bond donors (Lipinski definition) is 2. The molecule has 10 heteroatoms. The number of benzene rings is 2. The minimum absolute atomic E-state index is 0.238. The number of hydrogen-bond acceptors (Lipinski definition) is 6. The maximum atomic E-state index is 11.5. The summed E-state index contributed by atoms with van der Waals surface area (Å²) in [5.74, 6) is 1.17. The second-order valence-electron chi connectivity index (χ2n) is 7.36. The summed E-state index contributed by atoms with van der Waals surface area (Å²) in [6, 6.07) is 9.89. The number of nitro benzene ring substituents is 1. The van der Waals surface area contributed by atoms with Crippen molar-refractivity contribution < 1.29 is 13.3 Å². The van der Waals surface area contributed by atoms with Gasteiger partial charge in [0, 0.05) is 25.1 Å². The molecule has 1 fully saturated rings. The third kappa shape index (κ3) is 3.81. The van der Waals surface area contributed by atoms with Crippen LogP contribution in [0.25, 0.3) is 11.0 Å². The molecule has 0 bridgehead atoms. The van der Waals surface area contributed by atoms with Crippen molar-refractivity contribution >= 4 is 32.4 Å². The van der Waals surface area contributed by atoms with Crippen LogP contribution >= 0.6 is 0 Å². The van der Waals surface area contributed by atoms with Crippen LogP contribution in [0.1, 0.15) is 30.1 Å². The number of imidazole rings is 1. The Labute approximate surface area is 167 Å². The van der Waals surface area contributed by atoms with E-state index in [0.717, 1.165) is 41.3 Å². The van der Waals surface area contributed by atoms with Crippen LogP contribution in [0.3, 0.4) is 0 Å². The van der Waals surface area contributed by atoms with Crippen LogP contribution < -0.4 is 10.0 Å². The van der Waals surface area contributed by atoms with Gasteiger partial charge in [0.1, 0.15) is 11.5 Å². The number of aryl methyl sites for hydroxylation is 1. The fraction of sp³-hybridized carbons (Fsp3) is 0.316. The Balaban J connectivity index is 1.55. The van der Waals surface area contributed by atoms with Crippen LogP contribution in [0.15, 0.2) is 41.3 Å². The van der Waals surface area contributed by atoms with Crippen molar-refractivity contribution in [2.75, 3.05) is 18.0 Å². The predicted octanol–water partition coefficient (Wildman–Crippen LogP) is 2.81. The molecule has 0 unspecified atom stereocenters. The summed E-state index contributed by atoms with van der Waals surface area (Å²) in [5.41, 5.74) is 3.26. The Kier molecular flexibility index (Phi) is 4.75. The first kappa shape index (κ1) is 19.3. The zero-order valence-electron chi connectivity index (χ0n) is 15.8. The standard InChI is InChI=1S/C19H21N5O4S/c1-12-2-4-15-16(10-12)22-19(21-15)13-6-8-23(9-7-13)17-5-3-14(29(20,27)28)11-18(17)24(25)26/h2-5,10-11,13H,6-9H2,1H3,(H,21,22)(H2,20,27,28). The van der Waals surface area contributed by atoms with E-state index in [9.17, 15) is 18.5 Å². The number of aromatic nitrogens is 2. The first-order chi connectivity index (χ1) is 13.7. The summed E-state index contributed by atoms with van der Waals surface area (Å²) >= 11 is 0. The van der Waals surface area contributed by atoms with Crippen LogP contribution in [-0.4, -0.2) is 36.4 Å². The number of H-pyrrole nitrogens is 1. The van der Waals surface area contributed by atoms with E-state index in [4.69, 9.17) is 10.1 Å². The summed E-state index contributed by atoms with van der Waals surface area (Å²) in [4.78, 5) is 20.7. The predicted molar refractivity (Wildman–Crippen MR) is 109 cm³/mol. The number of nitrogens with zero attached hydrogens (tertiary/aromatic N) is 3. The van der Waals surface area contributed by atoms with Crippen LogP contribution in [-0.2, 0) is 10.0 Å². The number of nitro groups is 1. The van der Waals surface area contributed by atoms with Gasteiger partial charge in [0.15, 0.2) is 0 Å². The topological polar surface area (TPSA) is 135 Å². The number of nitrogens with two attached hydrogens (primary N) is 1. The van der Waals surface area contributed by atoms with Gasteiger partial charge in [-0.05, 0) is 49.6 Å². The van der Waals surface area contributed by atoms with Crippen LogP contribution in [0, 0.1) is 17.0 Å². The molecule has 1 aliphatic rings. The molecule has 3 N–H and O–H groups in total. The second-order valence-corrected chi connectivity index (χ2v) is 8.92. The highest BCUT2D eigenvalue weighted by molar-refractivity contribution is 7.89. The molecule has 9 nitrogen and oxygen atoms in total. The smallest absolute Gasteiger partial charge is 0.293 e. The Hall–Kier alpha value is -2.98. The third-order valence-corrected chi connectivity index (χ3v) is 6.26. The minimum Gasteiger partial charge on any atom is -0.366 e. The van der Waals surface area contributed by atoms with E-state index in [-0.39, 0.29) is 16.5 Å². The quantitative estimate of drug-likeness (QED) is 0.497. The van der Waals surface area contributed by atoms with Gasteiger partial charge in [-0.15, -0.1) is 0 Å². The number of primary sulfonamides is 1. The van der Waals surface area contributed by atoms with E-state index in [1.165, 1.54) is 12.1 Å². The van der Waals surface area contributed by atoms with Gasteiger partial charge in [-0.1, -0.05) is 6.07 Å². The lowest BCUT2D eigenvalue weighted by molar-refractivity contribution is -0.384. The molecule has 0 radical (unpaired) electrons. The largest absolute Gasteiger partial charge is 0.366 e. The highest BCUT2D eigenvalue weighted by atomic mass is 32.2. The van der Waals surface area contributed by atoms with E-state index < -0.39 is 14.9 Å². The number of aromatic amines is 1. The van der Waals surface area contributed by atoms with Gasteiger partial charge in [0.25, 0.3) is 5.69 Å². The van der Waals surface area contributed by atoms with E-state index in [1.54, 1.807) is 0 Å². The Morgan fingerprint density at radius 2 is 1.93 bits per heavy atom. The zero-order valence-corrected chi connectivity index (χ0v) is 16.6. The molecule has 2 aromatic carbocycles. The summed E-state index contributed by atoms with van der Waals surface area (Å²) in [7, 11) is -4.00. The van der Waals surface area contributed by atoms with Gasteiger partial charge >= 0.3 is 0 Å². The molecule has 0 atom stereocenters. The van der Waals surface area contributed by atoms with Gasteiger partial charge in [0.05, 0.1) is 20.9 Å². The minimum atomic E-state index is -4.00. The molecule has 1 aromatic heterocycles. The highest BCUT2D eigenvalue weighted by Crippen LogP contribution is 2.35. The van der Waals surface area contributed by atoms with Gasteiger partial charge in [-0.25, -0.2) is 18.5 Å². The second kappa shape index (κ2) is 7.12. The molecule has 2 heterocycles. The maximum Gasteiger partial charge on any atom is 0.293 e. The van der Waals surface area contributed by atoms with Crippen molar-refractivity contribution in [1.29, 1.82) is 0 Å². The SMILES string of the molecule is Cc1ccc2nc(C3CCN(c4ccc(S(N)(=O)=O)cc4[N+](=O)[O-])CC3)[nH]c2c1. The van der Waals surface area contributed by atoms with E-state index in [1.807, 2.05) is 24.0 Å². The molecule has 29 heavy (non-hydrogen) atoms. The Morgan fingerprint density at radius 1 is 1.21 bits per heavy atom. The average molecular weight is 415 g/mol. The molecule has 3 aromatic rings. The molecule has 152 valence electrons. The van der Waals surface area contributed by atoms with Gasteiger partial charge in [-0.2, -0.15) is 0 Å². The van der Waals surface area contributed by atoms with Crippen molar-refractivity contribution in [2.24, 2.45) is 5.14 Å². The average Bonchev–Trinajstić information content (AvgIpc) is 3.10. The van der Waals surface area contributed by atoms with E-state index >= 15 is 0 Å². The molecule has 0 spiro atoms. The molecular formula is C19H21N5O4S. The van der Waals surface area contributed by atoms with Gasteiger partial charge in [0.2, 0.25) is 10.0 Å². The molecule has 0 amide bonds. The first-order valence-corrected chi connectivity index (χ1v) is 10.8. The normalized spacial score (nSPS) is 15.7. The number of piperidine rings is 1. The van der Waals surface area contributed by atoms with Crippen molar-refractivity contribution in [2.45, 2.75) is 30.6 Å². The number of rotatable bonds is 4. The van der Waals surface area contributed by atoms with Gasteiger partial charge < -0.3 is 9.88 Å². The lowest BCUT2D eigenvalue weighted by Crippen LogP contribution is -2.33. The van der Waals surface area contributed by atoms with E-state index in [0.29, 0.717) is 18.8 Å². The number of anilines is 1. The Morgan fingerprint density at radius 3 is 2.59 bits per heavy atom. The van der Waals surface area contributed by atoms with Crippen molar-refractivity contribution in [3.05, 3.63) is 57.9 Å². The fourth-order valence-electron chi connectivity index (χ4n) is 3.82. The number of nitrogens with one attached hydrogen (secondary N) is 1. The third-order valence-electron chi connectivity index (χ3n) is 5.35. The van der Waals surface area contributed by atoms with Crippen LogP contribution in [0.4, 0.5) is 11.4 Å². The molecule has 1 saturated heterocycles. The lowest BCUT2D eigenvalue weighted by Gasteiger charge is -2.32. The number of fused-ring (bicyclic) bond motifs is 1. The lowest BCUT2D eigenvalue weighted by atomic mass is 9.95. The highest BCUT2D eigenvalue weighted by Gasteiger charge is 2.28. The number of sulfonamides is 1. The van der Waals surface area contributed by atoms with E-state index in [2.05, 4.69) is 11.1 Å². The van der Waals surface area contributed by atoms with Crippen molar-refractivity contribution in [1.82, 2.24) is 9.97 Å². The Bertz CT molecular complexity index is 1200. The summed E-state index contributed by atoms with van der Waals surface area (Å²) in [6.07, 6.45) is 1.57. The molecule has 0 saturated carbocycles. The summed E-state index contributed by atoms with van der Waals surface area (Å²) in [5, 5.41) is 16.6. The van der Waals surface area contributed by atoms with Crippen LogP contribution in [0.5, 0.6) is 0 Å². The first-order valence-electron chi connectivity index (χ1n) is 9.25. The monoisotopic (exact) mass is 415 g/mol. The molecule has 4 rings (SSSR count). The molecule has 1 aliphatic heterocycles. The molecule has 0 aliphatic carbocycles. The summed E-state index contributed by atoms with van der Waals surface area (Å²) in [6.45, 7) is 3.25. The van der Waals surface area contributed by atoms with Gasteiger partial charge in [-0.3, -0.25) is 10.1 Å². The van der Waals surface area contributed by atoms with Crippen LogP contribution in [0.2, 0.25) is 0 Å². The van der Waals surface area contributed by atoms with Crippen molar-refractivity contribution in [3.63, 3.8) is 0 Å². The molecular weight excluding hydrogens is 394 g/mol. The fourth-order valence-corrected chi connectivity index (χ4v) is 4.36. The van der Waals surface area contributed by atoms with Crippen molar-refractivity contribution in [3.8, 4) is 0 Å². The zero-order chi connectivity index (χ0) is 20.8. The summed E-state index contributed by atoms with van der Waals surface area (Å²) < 4.78 is 23.0. The maximum absolute atomic E-state index is 11.5.